The summed E-state index contributed by atoms with van der Waals surface area (Å²) in [7, 11) is -4.13. The number of primary sulfonamides is 1. The van der Waals surface area contributed by atoms with Crippen LogP contribution in [-0.4, -0.2) is 8.42 Å². The van der Waals surface area contributed by atoms with Gasteiger partial charge in [-0.15, -0.1) is 0 Å². The normalized spacial score (nSPS) is 12.8. The molecule has 0 aliphatic rings. The second-order valence-electron chi connectivity index (χ2n) is 6.76. The molecule has 3 aromatic carbocycles. The summed E-state index contributed by atoms with van der Waals surface area (Å²) in [6, 6.07) is 5.70. The summed E-state index contributed by atoms with van der Waals surface area (Å²) in [4.78, 5) is -0.361. The van der Waals surface area contributed by atoms with E-state index in [0.29, 0.717) is 12.1 Å². The predicted molar refractivity (Wildman–Crippen MR) is 104 cm³/mol. The minimum absolute atomic E-state index is 0.0339. The van der Waals surface area contributed by atoms with Gasteiger partial charge in [-0.05, 0) is 58.7 Å². The Kier molecular flexibility index (Phi) is 6.24. The van der Waals surface area contributed by atoms with Crippen LogP contribution in [0.2, 0.25) is 5.02 Å². The van der Waals surface area contributed by atoms with Crippen LogP contribution in [0.4, 0.5) is 35.1 Å². The van der Waals surface area contributed by atoms with Crippen molar-refractivity contribution in [3.05, 3.63) is 76.3 Å². The van der Waals surface area contributed by atoms with Crippen LogP contribution in [0.5, 0.6) is 0 Å². The zero-order chi connectivity index (χ0) is 24.9. The third kappa shape index (κ3) is 5.12. The van der Waals surface area contributed by atoms with Crippen molar-refractivity contribution < 1.29 is 43.5 Å². The summed E-state index contributed by atoms with van der Waals surface area (Å²) < 4.78 is 131. The third-order valence-electron chi connectivity index (χ3n) is 4.55. The summed E-state index contributed by atoms with van der Waals surface area (Å²) in [6.45, 7) is 0. The molecule has 0 atom stereocenters. The molecule has 3 rings (SSSR count). The molecule has 0 unspecified atom stereocenters. The van der Waals surface area contributed by atoms with Gasteiger partial charge in [0.2, 0.25) is 10.0 Å². The fraction of sp³-hybridized carbons (Fsp3) is 0.100. The van der Waals surface area contributed by atoms with E-state index in [9.17, 15) is 43.5 Å². The first-order chi connectivity index (χ1) is 15.0. The van der Waals surface area contributed by atoms with Gasteiger partial charge >= 0.3 is 12.4 Å². The number of hydrogen-bond acceptors (Lipinski definition) is 2. The zero-order valence-corrected chi connectivity index (χ0v) is 17.4. The van der Waals surface area contributed by atoms with Crippen LogP contribution in [0.25, 0.3) is 22.3 Å². The van der Waals surface area contributed by atoms with E-state index >= 15 is 0 Å². The lowest BCUT2D eigenvalue weighted by atomic mass is 9.92. The molecule has 176 valence electrons. The van der Waals surface area contributed by atoms with Gasteiger partial charge in [-0.1, -0.05) is 23.7 Å². The fourth-order valence-corrected chi connectivity index (χ4v) is 3.88. The van der Waals surface area contributed by atoms with Gasteiger partial charge in [0.25, 0.3) is 0 Å². The van der Waals surface area contributed by atoms with E-state index in [2.05, 4.69) is 0 Å². The second kappa shape index (κ2) is 8.26. The first kappa shape index (κ1) is 24.9. The van der Waals surface area contributed by atoms with E-state index in [1.54, 1.807) is 0 Å². The maximum atomic E-state index is 14.0. The number of rotatable bonds is 3. The standard InChI is InChI=1S/C20H10ClF8NO2S/c21-18-14(19(24,25)26)5-10(6-15(18)20(27,28)29)13-8-17(23)16(22)7-12(13)9-1-3-11(4-2-9)33(30,31)32/h1-8H,(H2,30,31,32). The summed E-state index contributed by atoms with van der Waals surface area (Å²) in [5.74, 6) is -2.97. The minimum Gasteiger partial charge on any atom is -0.225 e. The molecule has 0 saturated heterocycles. The molecule has 0 fully saturated rings. The van der Waals surface area contributed by atoms with Crippen molar-refractivity contribution in [1.29, 1.82) is 0 Å². The largest absolute Gasteiger partial charge is 0.417 e. The molecule has 13 heteroatoms. The number of sulfonamides is 1. The number of benzene rings is 3. The Morgan fingerprint density at radius 2 is 1.09 bits per heavy atom. The molecule has 2 N–H and O–H groups in total. The maximum Gasteiger partial charge on any atom is 0.417 e. The van der Waals surface area contributed by atoms with Crippen LogP contribution in [0.3, 0.4) is 0 Å². The molecule has 0 bridgehead atoms. The lowest BCUT2D eigenvalue weighted by Gasteiger charge is -2.19. The van der Waals surface area contributed by atoms with Crippen LogP contribution in [0, 0.1) is 11.6 Å². The summed E-state index contributed by atoms with van der Waals surface area (Å²) in [6.07, 6.45) is -10.6. The molecule has 0 aromatic heterocycles. The average Bonchev–Trinajstić information content (AvgIpc) is 2.67. The number of nitrogens with two attached hydrogens (primary N) is 1. The quantitative estimate of drug-likeness (QED) is 0.398. The first-order valence-electron chi connectivity index (χ1n) is 8.60. The van der Waals surface area contributed by atoms with Gasteiger partial charge in [0.05, 0.1) is 21.0 Å². The molecule has 0 amide bonds. The Morgan fingerprint density at radius 1 is 0.697 bits per heavy atom. The molecule has 0 aliphatic carbocycles. The Morgan fingerprint density at radius 3 is 1.45 bits per heavy atom. The van der Waals surface area contributed by atoms with Crippen molar-refractivity contribution in [2.24, 2.45) is 5.14 Å². The molecule has 3 nitrogen and oxygen atoms in total. The number of alkyl halides is 6. The molecular formula is C20H10ClF8NO2S. The molecule has 3 aromatic rings. The van der Waals surface area contributed by atoms with Crippen LogP contribution in [-0.2, 0) is 22.4 Å². The number of hydrogen-bond donors (Lipinski definition) is 1. The monoisotopic (exact) mass is 515 g/mol. The summed E-state index contributed by atoms with van der Waals surface area (Å²) in [5.41, 5.74) is -5.26. The van der Waals surface area contributed by atoms with E-state index in [1.807, 2.05) is 0 Å². The molecule has 33 heavy (non-hydrogen) atoms. The van der Waals surface area contributed by atoms with Crippen molar-refractivity contribution in [2.45, 2.75) is 17.2 Å². The Labute approximate surface area is 186 Å². The third-order valence-corrected chi connectivity index (χ3v) is 5.89. The van der Waals surface area contributed by atoms with Gasteiger partial charge in [0, 0.05) is 0 Å². The van der Waals surface area contributed by atoms with E-state index in [0.717, 1.165) is 24.3 Å². The van der Waals surface area contributed by atoms with E-state index in [1.165, 1.54) is 0 Å². The highest BCUT2D eigenvalue weighted by Crippen LogP contribution is 2.46. The van der Waals surface area contributed by atoms with Crippen molar-refractivity contribution in [1.82, 2.24) is 0 Å². The van der Waals surface area contributed by atoms with E-state index in [4.69, 9.17) is 16.7 Å². The first-order valence-corrected chi connectivity index (χ1v) is 10.5. The van der Waals surface area contributed by atoms with Crippen molar-refractivity contribution >= 4 is 21.6 Å². The lowest BCUT2D eigenvalue weighted by molar-refractivity contribution is -0.142. The van der Waals surface area contributed by atoms with Gasteiger partial charge in [-0.2, -0.15) is 26.3 Å². The highest BCUT2D eigenvalue weighted by atomic mass is 35.5. The maximum absolute atomic E-state index is 14.0. The molecular weight excluding hydrogens is 506 g/mol. The zero-order valence-electron chi connectivity index (χ0n) is 15.8. The van der Waals surface area contributed by atoms with Crippen molar-refractivity contribution in [3.8, 4) is 22.3 Å². The van der Waals surface area contributed by atoms with Crippen molar-refractivity contribution in [3.63, 3.8) is 0 Å². The van der Waals surface area contributed by atoms with Crippen LogP contribution in [0.15, 0.2) is 53.4 Å². The predicted octanol–water partition coefficient (Wildman–Crippen LogP) is 6.64. The van der Waals surface area contributed by atoms with E-state index in [-0.39, 0.29) is 28.2 Å². The molecule has 0 heterocycles. The lowest BCUT2D eigenvalue weighted by Crippen LogP contribution is -2.13. The van der Waals surface area contributed by atoms with Gasteiger partial charge in [0.15, 0.2) is 11.6 Å². The van der Waals surface area contributed by atoms with E-state index < -0.39 is 61.3 Å². The van der Waals surface area contributed by atoms with Crippen LogP contribution in [0.1, 0.15) is 11.1 Å². The fourth-order valence-electron chi connectivity index (χ4n) is 3.04. The molecule has 0 saturated carbocycles. The summed E-state index contributed by atoms with van der Waals surface area (Å²) in [5, 5.41) is 3.38. The Hall–Kier alpha value is -2.70. The smallest absolute Gasteiger partial charge is 0.225 e. The van der Waals surface area contributed by atoms with Gasteiger partial charge in [0.1, 0.15) is 0 Å². The topological polar surface area (TPSA) is 60.2 Å². The van der Waals surface area contributed by atoms with Crippen LogP contribution >= 0.6 is 11.6 Å². The highest BCUT2D eigenvalue weighted by molar-refractivity contribution is 7.89. The Bertz CT molecular complexity index is 1300. The molecule has 0 spiro atoms. The van der Waals surface area contributed by atoms with Crippen LogP contribution < -0.4 is 5.14 Å². The second-order valence-corrected chi connectivity index (χ2v) is 8.70. The molecule has 0 radical (unpaired) electrons. The van der Waals surface area contributed by atoms with Crippen molar-refractivity contribution in [2.75, 3.05) is 0 Å². The average molecular weight is 516 g/mol. The SMILES string of the molecule is NS(=O)(=O)c1ccc(-c2cc(F)c(F)cc2-c2cc(C(F)(F)F)c(Cl)c(C(F)(F)F)c2)cc1. The van der Waals surface area contributed by atoms with Gasteiger partial charge in [-0.3, -0.25) is 0 Å². The highest BCUT2D eigenvalue weighted by Gasteiger charge is 2.41. The summed E-state index contributed by atoms with van der Waals surface area (Å²) >= 11 is 5.37. The molecule has 0 aliphatic heterocycles. The minimum atomic E-state index is -5.29. The van der Waals surface area contributed by atoms with Gasteiger partial charge in [-0.25, -0.2) is 22.3 Å². The van der Waals surface area contributed by atoms with Gasteiger partial charge < -0.3 is 0 Å². The number of halogens is 9. The Balaban J connectivity index is 2.35.